The number of likely N-dealkylation sites (tertiary alicyclic amines) is 1. The number of thiazole rings is 1. The average Bonchev–Trinajstić information content (AvgIpc) is 2.87. The van der Waals surface area contributed by atoms with E-state index in [9.17, 15) is 9.59 Å². The molecule has 6 heteroatoms. The van der Waals surface area contributed by atoms with Gasteiger partial charge in [-0.25, -0.2) is 4.98 Å². The fraction of sp³-hybridized carbons (Fsp3) is 0.250. The normalized spacial score (nSPS) is 19.8. The highest BCUT2D eigenvalue weighted by Crippen LogP contribution is 2.27. The van der Waals surface area contributed by atoms with E-state index in [2.05, 4.69) is 10.3 Å². The monoisotopic (exact) mass is 261 g/mol. The van der Waals surface area contributed by atoms with Gasteiger partial charge in [-0.2, -0.15) is 0 Å². The van der Waals surface area contributed by atoms with Crippen LogP contribution < -0.4 is 5.32 Å². The SMILES string of the molecule is CN1C(=O)CC(Nc2nc3ccccc3s2)C1=O. The number of aromatic nitrogens is 1. The molecule has 0 saturated carbocycles. The zero-order valence-corrected chi connectivity index (χ0v) is 10.5. The fourth-order valence-corrected chi connectivity index (χ4v) is 2.87. The smallest absolute Gasteiger partial charge is 0.251 e. The van der Waals surface area contributed by atoms with Gasteiger partial charge < -0.3 is 5.32 Å². The number of amides is 2. The Morgan fingerprint density at radius 2 is 2.17 bits per heavy atom. The number of hydrogen-bond donors (Lipinski definition) is 1. The summed E-state index contributed by atoms with van der Waals surface area (Å²) < 4.78 is 1.06. The van der Waals surface area contributed by atoms with Crippen molar-refractivity contribution in [3.63, 3.8) is 0 Å². The highest BCUT2D eigenvalue weighted by Gasteiger charge is 2.36. The van der Waals surface area contributed by atoms with Crippen LogP contribution in [0.2, 0.25) is 0 Å². The first-order valence-corrected chi connectivity index (χ1v) is 6.39. The molecule has 5 nitrogen and oxygen atoms in total. The quantitative estimate of drug-likeness (QED) is 0.831. The Bertz CT molecular complexity index is 604. The Labute approximate surface area is 107 Å². The minimum Gasteiger partial charge on any atom is -0.349 e. The predicted molar refractivity (Wildman–Crippen MR) is 69.4 cm³/mol. The van der Waals surface area contributed by atoms with E-state index in [4.69, 9.17) is 0 Å². The Morgan fingerprint density at radius 1 is 1.39 bits per heavy atom. The van der Waals surface area contributed by atoms with Gasteiger partial charge in [0.15, 0.2) is 5.13 Å². The molecule has 1 fully saturated rings. The van der Waals surface area contributed by atoms with Crippen LogP contribution in [-0.2, 0) is 9.59 Å². The molecule has 0 radical (unpaired) electrons. The number of fused-ring (bicyclic) bond motifs is 1. The van der Waals surface area contributed by atoms with Crippen molar-refractivity contribution in [1.82, 2.24) is 9.88 Å². The van der Waals surface area contributed by atoms with Gasteiger partial charge in [-0.15, -0.1) is 0 Å². The summed E-state index contributed by atoms with van der Waals surface area (Å²) in [5.41, 5.74) is 0.898. The van der Waals surface area contributed by atoms with Crippen molar-refractivity contribution in [2.24, 2.45) is 0 Å². The predicted octanol–water partition coefficient (Wildman–Crippen LogP) is 1.47. The molecule has 0 aliphatic carbocycles. The largest absolute Gasteiger partial charge is 0.349 e. The molecule has 0 spiro atoms. The molecule has 1 saturated heterocycles. The molecular weight excluding hydrogens is 250 g/mol. The molecule has 1 atom stereocenters. The summed E-state index contributed by atoms with van der Waals surface area (Å²) in [7, 11) is 1.50. The van der Waals surface area contributed by atoms with Crippen LogP contribution >= 0.6 is 11.3 Å². The van der Waals surface area contributed by atoms with Crippen molar-refractivity contribution >= 4 is 38.5 Å². The Kier molecular flexibility index (Phi) is 2.52. The average molecular weight is 261 g/mol. The van der Waals surface area contributed by atoms with E-state index in [0.717, 1.165) is 15.1 Å². The van der Waals surface area contributed by atoms with E-state index in [1.165, 1.54) is 18.4 Å². The lowest BCUT2D eigenvalue weighted by Gasteiger charge is -2.09. The van der Waals surface area contributed by atoms with Gasteiger partial charge in [-0.3, -0.25) is 14.5 Å². The lowest BCUT2D eigenvalue weighted by molar-refractivity contribution is -0.136. The van der Waals surface area contributed by atoms with Gasteiger partial charge in [0.25, 0.3) is 5.91 Å². The number of imide groups is 1. The van der Waals surface area contributed by atoms with Crippen molar-refractivity contribution in [2.45, 2.75) is 12.5 Å². The van der Waals surface area contributed by atoms with Crippen molar-refractivity contribution in [3.8, 4) is 0 Å². The number of hydrogen-bond acceptors (Lipinski definition) is 5. The molecule has 2 aromatic rings. The molecule has 1 aromatic carbocycles. The second-order valence-corrected chi connectivity index (χ2v) is 5.21. The number of carbonyl (C=O) groups excluding carboxylic acids is 2. The molecule has 2 heterocycles. The Hall–Kier alpha value is -1.95. The molecule has 1 N–H and O–H groups in total. The summed E-state index contributed by atoms with van der Waals surface area (Å²) >= 11 is 1.48. The van der Waals surface area contributed by atoms with Crippen LogP contribution in [0.15, 0.2) is 24.3 Å². The van der Waals surface area contributed by atoms with Crippen LogP contribution in [0, 0.1) is 0 Å². The lowest BCUT2D eigenvalue weighted by Crippen LogP contribution is -2.31. The Balaban J connectivity index is 1.85. The summed E-state index contributed by atoms with van der Waals surface area (Å²) in [5.74, 6) is -0.349. The molecule has 18 heavy (non-hydrogen) atoms. The van der Waals surface area contributed by atoms with E-state index >= 15 is 0 Å². The van der Waals surface area contributed by atoms with Crippen LogP contribution in [-0.4, -0.2) is 34.8 Å². The van der Waals surface area contributed by atoms with Crippen LogP contribution in [0.25, 0.3) is 10.2 Å². The van der Waals surface area contributed by atoms with Gasteiger partial charge >= 0.3 is 0 Å². The fourth-order valence-electron chi connectivity index (χ4n) is 1.95. The molecule has 2 amide bonds. The molecule has 1 aliphatic heterocycles. The standard InChI is InChI=1S/C12H11N3O2S/c1-15-10(16)6-8(11(15)17)14-12-13-7-4-2-3-5-9(7)18-12/h2-5,8H,6H2,1H3,(H,13,14). The number of likely N-dealkylation sites (N-methyl/N-ethyl adjacent to an activating group) is 1. The van der Waals surface area contributed by atoms with Crippen LogP contribution in [0.5, 0.6) is 0 Å². The van der Waals surface area contributed by atoms with Gasteiger partial charge in [0, 0.05) is 7.05 Å². The van der Waals surface area contributed by atoms with E-state index in [1.807, 2.05) is 24.3 Å². The van der Waals surface area contributed by atoms with Crippen molar-refractivity contribution in [3.05, 3.63) is 24.3 Å². The molecule has 3 rings (SSSR count). The maximum absolute atomic E-state index is 11.8. The third-order valence-corrected chi connectivity index (χ3v) is 3.94. The van der Waals surface area contributed by atoms with E-state index in [0.29, 0.717) is 5.13 Å². The first kappa shape index (κ1) is 11.2. The van der Waals surface area contributed by atoms with E-state index in [1.54, 1.807) is 0 Å². The summed E-state index contributed by atoms with van der Waals surface area (Å²) in [6.07, 6.45) is 0.200. The highest BCUT2D eigenvalue weighted by molar-refractivity contribution is 7.22. The summed E-state index contributed by atoms with van der Waals surface area (Å²) in [4.78, 5) is 28.7. The molecule has 1 unspecified atom stereocenters. The topological polar surface area (TPSA) is 62.3 Å². The van der Waals surface area contributed by atoms with Gasteiger partial charge in [-0.05, 0) is 12.1 Å². The van der Waals surface area contributed by atoms with Crippen LogP contribution in [0.3, 0.4) is 0 Å². The van der Waals surface area contributed by atoms with Crippen LogP contribution in [0.4, 0.5) is 5.13 Å². The number of benzene rings is 1. The van der Waals surface area contributed by atoms with Gasteiger partial charge in [0.1, 0.15) is 6.04 Å². The lowest BCUT2D eigenvalue weighted by atomic mass is 10.2. The third-order valence-electron chi connectivity index (χ3n) is 2.97. The molecular formula is C12H11N3O2S. The summed E-state index contributed by atoms with van der Waals surface area (Å²) in [5, 5.41) is 3.71. The highest BCUT2D eigenvalue weighted by atomic mass is 32.1. The van der Waals surface area contributed by atoms with E-state index < -0.39 is 6.04 Å². The second-order valence-electron chi connectivity index (χ2n) is 4.18. The Morgan fingerprint density at radius 3 is 2.83 bits per heavy atom. The van der Waals surface area contributed by atoms with Gasteiger partial charge in [-0.1, -0.05) is 23.5 Å². The molecule has 1 aromatic heterocycles. The second kappa shape index (κ2) is 4.06. The van der Waals surface area contributed by atoms with Crippen molar-refractivity contribution in [1.29, 1.82) is 0 Å². The maximum atomic E-state index is 11.8. The number of anilines is 1. The van der Waals surface area contributed by atoms with E-state index in [-0.39, 0.29) is 18.2 Å². The van der Waals surface area contributed by atoms with Crippen LogP contribution in [0.1, 0.15) is 6.42 Å². The zero-order valence-electron chi connectivity index (χ0n) is 9.71. The van der Waals surface area contributed by atoms with Gasteiger partial charge in [0.2, 0.25) is 5.91 Å². The first-order chi connectivity index (χ1) is 8.65. The summed E-state index contributed by atoms with van der Waals surface area (Å²) in [6.45, 7) is 0. The third kappa shape index (κ3) is 1.74. The number of para-hydroxylation sites is 1. The molecule has 1 aliphatic rings. The number of carbonyl (C=O) groups is 2. The molecule has 0 bridgehead atoms. The van der Waals surface area contributed by atoms with Crippen molar-refractivity contribution in [2.75, 3.05) is 12.4 Å². The zero-order chi connectivity index (χ0) is 12.7. The van der Waals surface area contributed by atoms with Gasteiger partial charge in [0.05, 0.1) is 16.6 Å². The molecule has 92 valence electrons. The number of nitrogens with zero attached hydrogens (tertiary/aromatic N) is 2. The minimum atomic E-state index is -0.483. The number of nitrogens with one attached hydrogen (secondary N) is 1. The minimum absolute atomic E-state index is 0.154. The maximum Gasteiger partial charge on any atom is 0.251 e. The summed E-state index contributed by atoms with van der Waals surface area (Å²) in [6, 6.07) is 7.28. The van der Waals surface area contributed by atoms with Crippen molar-refractivity contribution < 1.29 is 9.59 Å². The first-order valence-electron chi connectivity index (χ1n) is 5.57. The number of rotatable bonds is 2.